The molecule has 6 nitrogen and oxygen atoms in total. The summed E-state index contributed by atoms with van der Waals surface area (Å²) < 4.78 is 0. The molecule has 0 unspecified atom stereocenters. The Kier molecular flexibility index (Phi) is 5.08. The van der Waals surface area contributed by atoms with E-state index < -0.39 is 0 Å². The predicted molar refractivity (Wildman–Crippen MR) is 113 cm³/mol. The van der Waals surface area contributed by atoms with Crippen LogP contribution in [0.5, 0.6) is 0 Å². The van der Waals surface area contributed by atoms with Crippen LogP contribution in [-0.2, 0) is 16.0 Å². The molecule has 1 aromatic carbocycles. The molecule has 5 rings (SSSR count). The van der Waals surface area contributed by atoms with E-state index in [4.69, 9.17) is 0 Å². The van der Waals surface area contributed by atoms with Gasteiger partial charge in [-0.2, -0.15) is 0 Å². The summed E-state index contributed by atoms with van der Waals surface area (Å²) in [5.74, 6) is 1.06. The summed E-state index contributed by atoms with van der Waals surface area (Å²) in [6.07, 6.45) is 5.61. The number of carbonyl (C=O) groups is 2. The van der Waals surface area contributed by atoms with E-state index >= 15 is 0 Å². The van der Waals surface area contributed by atoms with Gasteiger partial charge in [0, 0.05) is 45.0 Å². The lowest BCUT2D eigenvalue weighted by Gasteiger charge is -2.43. The molecule has 0 bridgehead atoms. The molecule has 156 valence electrons. The number of amides is 2. The Morgan fingerprint density at radius 1 is 1.07 bits per heavy atom. The third-order valence-corrected chi connectivity index (χ3v) is 7.67. The second kappa shape index (κ2) is 7.73. The maximum absolute atomic E-state index is 13.4. The maximum atomic E-state index is 13.4. The van der Waals surface area contributed by atoms with E-state index in [0.717, 1.165) is 64.3 Å². The molecule has 2 atom stereocenters. The number of para-hydroxylation sites is 1. The second-order valence-corrected chi connectivity index (χ2v) is 9.22. The smallest absolute Gasteiger partial charge is 0.241 e. The number of nitrogens with zero attached hydrogens (tertiary/aromatic N) is 3. The van der Waals surface area contributed by atoms with Crippen molar-refractivity contribution in [2.45, 2.75) is 32.1 Å². The Bertz CT molecular complexity index is 789. The SMILES string of the molecule is O=C(CN1CCN(C(=O)[C@@]23CCCC[C@H]2CNC3)CC1)N1CCc2ccccc21. The minimum Gasteiger partial charge on any atom is -0.340 e. The summed E-state index contributed by atoms with van der Waals surface area (Å²) in [5, 5.41) is 3.49. The molecular formula is C23H32N4O2. The normalized spacial score (nSPS) is 29.6. The molecule has 3 fully saturated rings. The summed E-state index contributed by atoms with van der Waals surface area (Å²) in [6.45, 7) is 6.16. The molecule has 2 amide bonds. The summed E-state index contributed by atoms with van der Waals surface area (Å²) in [5.41, 5.74) is 2.18. The molecule has 0 radical (unpaired) electrons. The Balaban J connectivity index is 1.17. The molecule has 0 spiro atoms. The highest BCUT2D eigenvalue weighted by Crippen LogP contribution is 2.45. The fourth-order valence-corrected chi connectivity index (χ4v) is 5.97. The van der Waals surface area contributed by atoms with Crippen LogP contribution < -0.4 is 10.2 Å². The predicted octanol–water partition coefficient (Wildman–Crippen LogP) is 1.50. The van der Waals surface area contributed by atoms with E-state index in [1.165, 1.54) is 24.8 Å². The number of hydrogen-bond donors (Lipinski definition) is 1. The van der Waals surface area contributed by atoms with Crippen molar-refractivity contribution in [3.63, 3.8) is 0 Å². The van der Waals surface area contributed by atoms with Crippen LogP contribution in [0.25, 0.3) is 0 Å². The van der Waals surface area contributed by atoms with Crippen LogP contribution in [0.4, 0.5) is 5.69 Å². The van der Waals surface area contributed by atoms with Crippen molar-refractivity contribution in [1.29, 1.82) is 0 Å². The van der Waals surface area contributed by atoms with Crippen LogP contribution in [0, 0.1) is 11.3 Å². The van der Waals surface area contributed by atoms with Gasteiger partial charge in [-0.25, -0.2) is 0 Å². The zero-order valence-electron chi connectivity index (χ0n) is 17.2. The average Bonchev–Trinajstić information content (AvgIpc) is 3.39. The van der Waals surface area contributed by atoms with Gasteiger partial charge < -0.3 is 15.1 Å². The third-order valence-electron chi connectivity index (χ3n) is 7.67. The second-order valence-electron chi connectivity index (χ2n) is 9.22. The monoisotopic (exact) mass is 396 g/mol. The van der Waals surface area contributed by atoms with Crippen LogP contribution in [-0.4, -0.2) is 74.0 Å². The fourth-order valence-electron chi connectivity index (χ4n) is 5.97. The number of nitrogens with one attached hydrogen (secondary N) is 1. The molecule has 2 saturated heterocycles. The van der Waals surface area contributed by atoms with E-state index in [1.807, 2.05) is 23.1 Å². The topological polar surface area (TPSA) is 55.9 Å². The molecule has 0 aromatic heterocycles. The van der Waals surface area contributed by atoms with Gasteiger partial charge in [-0.3, -0.25) is 14.5 Å². The van der Waals surface area contributed by atoms with Crippen molar-refractivity contribution < 1.29 is 9.59 Å². The van der Waals surface area contributed by atoms with Crippen molar-refractivity contribution in [1.82, 2.24) is 15.1 Å². The van der Waals surface area contributed by atoms with Gasteiger partial charge in [0.2, 0.25) is 11.8 Å². The maximum Gasteiger partial charge on any atom is 0.241 e. The molecule has 3 aliphatic heterocycles. The van der Waals surface area contributed by atoms with Gasteiger partial charge in [0.15, 0.2) is 0 Å². The van der Waals surface area contributed by atoms with Gasteiger partial charge in [-0.1, -0.05) is 31.0 Å². The number of benzene rings is 1. The first-order valence-electron chi connectivity index (χ1n) is 11.3. The van der Waals surface area contributed by atoms with E-state index in [9.17, 15) is 9.59 Å². The van der Waals surface area contributed by atoms with Gasteiger partial charge in [0.25, 0.3) is 0 Å². The van der Waals surface area contributed by atoms with Gasteiger partial charge >= 0.3 is 0 Å². The first-order chi connectivity index (χ1) is 14.2. The first-order valence-corrected chi connectivity index (χ1v) is 11.3. The lowest BCUT2D eigenvalue weighted by Crippen LogP contribution is -2.56. The summed E-state index contributed by atoms with van der Waals surface area (Å²) in [4.78, 5) is 32.5. The largest absolute Gasteiger partial charge is 0.340 e. The summed E-state index contributed by atoms with van der Waals surface area (Å²) in [7, 11) is 0. The third kappa shape index (κ3) is 3.36. The highest BCUT2D eigenvalue weighted by Gasteiger charge is 2.51. The Labute approximate surface area is 173 Å². The lowest BCUT2D eigenvalue weighted by atomic mass is 9.67. The molecule has 1 aliphatic carbocycles. The minimum atomic E-state index is -0.157. The van der Waals surface area contributed by atoms with Crippen LogP contribution in [0.15, 0.2) is 24.3 Å². The van der Waals surface area contributed by atoms with Crippen molar-refractivity contribution in [2.24, 2.45) is 11.3 Å². The van der Waals surface area contributed by atoms with Gasteiger partial charge in [0.05, 0.1) is 12.0 Å². The first kappa shape index (κ1) is 19.1. The number of carbonyl (C=O) groups excluding carboxylic acids is 2. The number of piperazine rings is 1. The fraction of sp³-hybridized carbons (Fsp3) is 0.652. The number of hydrogen-bond acceptors (Lipinski definition) is 4. The van der Waals surface area contributed by atoms with E-state index in [1.54, 1.807) is 0 Å². The van der Waals surface area contributed by atoms with Crippen LogP contribution >= 0.6 is 0 Å². The van der Waals surface area contributed by atoms with Crippen molar-refractivity contribution in [3.05, 3.63) is 29.8 Å². The molecule has 6 heteroatoms. The lowest BCUT2D eigenvalue weighted by molar-refractivity contribution is -0.147. The van der Waals surface area contributed by atoms with Crippen LogP contribution in [0.2, 0.25) is 0 Å². The van der Waals surface area contributed by atoms with Crippen molar-refractivity contribution in [2.75, 3.05) is 57.3 Å². The summed E-state index contributed by atoms with van der Waals surface area (Å²) >= 11 is 0. The van der Waals surface area contributed by atoms with E-state index in [2.05, 4.69) is 21.2 Å². The Hall–Kier alpha value is -1.92. The number of fused-ring (bicyclic) bond motifs is 2. The molecular weight excluding hydrogens is 364 g/mol. The molecule has 3 heterocycles. The summed E-state index contributed by atoms with van der Waals surface area (Å²) in [6, 6.07) is 8.21. The van der Waals surface area contributed by atoms with Crippen LogP contribution in [0.3, 0.4) is 0 Å². The molecule has 1 saturated carbocycles. The Morgan fingerprint density at radius 3 is 2.76 bits per heavy atom. The van der Waals surface area contributed by atoms with Crippen molar-refractivity contribution in [3.8, 4) is 0 Å². The van der Waals surface area contributed by atoms with Gasteiger partial charge in [0.1, 0.15) is 0 Å². The van der Waals surface area contributed by atoms with Crippen molar-refractivity contribution >= 4 is 17.5 Å². The van der Waals surface area contributed by atoms with E-state index in [-0.39, 0.29) is 11.3 Å². The van der Waals surface area contributed by atoms with Gasteiger partial charge in [-0.15, -0.1) is 0 Å². The van der Waals surface area contributed by atoms with E-state index in [0.29, 0.717) is 18.4 Å². The zero-order chi connectivity index (χ0) is 19.8. The highest BCUT2D eigenvalue weighted by molar-refractivity contribution is 5.96. The number of anilines is 1. The molecule has 1 N–H and O–H groups in total. The standard InChI is InChI=1S/C23H32N4O2/c28-21(27-10-8-18-5-1-2-7-20(18)27)16-25-11-13-26(14-12-25)22(29)23-9-4-3-6-19(23)15-24-17-23/h1-2,5,7,19,24H,3-4,6,8-17H2/t19-,23+/m0/s1. The Morgan fingerprint density at radius 2 is 1.90 bits per heavy atom. The molecule has 4 aliphatic rings. The quantitative estimate of drug-likeness (QED) is 0.841. The molecule has 1 aromatic rings. The zero-order valence-corrected chi connectivity index (χ0v) is 17.2. The van der Waals surface area contributed by atoms with Crippen LogP contribution in [0.1, 0.15) is 31.2 Å². The van der Waals surface area contributed by atoms with Gasteiger partial charge in [-0.05, 0) is 43.4 Å². The number of rotatable bonds is 3. The minimum absolute atomic E-state index is 0.157. The average molecular weight is 397 g/mol. The molecule has 29 heavy (non-hydrogen) atoms. The highest BCUT2D eigenvalue weighted by atomic mass is 16.2.